The van der Waals surface area contributed by atoms with Crippen molar-refractivity contribution >= 4 is 11.9 Å². The zero-order chi connectivity index (χ0) is 38.8. The van der Waals surface area contributed by atoms with E-state index in [9.17, 15) is 30.0 Å². The predicted molar refractivity (Wildman–Crippen MR) is 210 cm³/mol. The Bertz CT molecular complexity index is 923. The highest BCUT2D eigenvalue weighted by Gasteiger charge is 2.44. The fraction of sp³-hybridized carbons (Fsp3) is 0.860. The number of hydrogen-bond donors (Lipinski definition) is 4. The summed E-state index contributed by atoms with van der Waals surface area (Å²) < 4.78 is 22.1. The van der Waals surface area contributed by atoms with Crippen molar-refractivity contribution in [1.29, 1.82) is 0 Å². The van der Waals surface area contributed by atoms with E-state index in [1.54, 1.807) is 0 Å². The lowest BCUT2D eigenvalue weighted by Crippen LogP contribution is -2.59. The van der Waals surface area contributed by atoms with E-state index in [1.807, 2.05) is 0 Å². The molecule has 1 fully saturated rings. The number of aliphatic hydroxyl groups excluding tert-OH is 4. The highest BCUT2D eigenvalue weighted by molar-refractivity contribution is 5.70. The molecule has 0 saturated carbocycles. The molecule has 0 aromatic carbocycles. The normalized spacial score (nSPS) is 21.1. The molecule has 4 N–H and O–H groups in total. The van der Waals surface area contributed by atoms with E-state index in [1.165, 1.54) is 83.5 Å². The van der Waals surface area contributed by atoms with Crippen molar-refractivity contribution in [2.45, 2.75) is 218 Å². The molecule has 0 aromatic heterocycles. The van der Waals surface area contributed by atoms with Gasteiger partial charge in [0.25, 0.3) is 0 Å². The van der Waals surface area contributed by atoms with Crippen molar-refractivity contribution < 1.29 is 49.0 Å². The molecule has 1 heterocycles. The second-order valence-electron chi connectivity index (χ2n) is 14.8. The van der Waals surface area contributed by atoms with Gasteiger partial charge in [0.05, 0.1) is 13.2 Å². The number of hydrogen-bond acceptors (Lipinski definition) is 10. The molecule has 0 aromatic rings. The molecule has 1 aliphatic heterocycles. The van der Waals surface area contributed by atoms with Crippen LogP contribution >= 0.6 is 0 Å². The van der Waals surface area contributed by atoms with Gasteiger partial charge in [-0.25, -0.2) is 0 Å². The minimum Gasteiger partial charge on any atom is -0.462 e. The van der Waals surface area contributed by atoms with E-state index in [2.05, 4.69) is 38.2 Å². The van der Waals surface area contributed by atoms with Crippen LogP contribution in [0.4, 0.5) is 0 Å². The quantitative estimate of drug-likeness (QED) is 0.0281. The summed E-state index contributed by atoms with van der Waals surface area (Å²) in [6, 6.07) is 0. The van der Waals surface area contributed by atoms with Gasteiger partial charge in [-0.15, -0.1) is 0 Å². The summed E-state index contributed by atoms with van der Waals surface area (Å²) >= 11 is 0. The highest BCUT2D eigenvalue weighted by Crippen LogP contribution is 2.22. The average molecular weight is 755 g/mol. The Morgan fingerprint density at radius 3 is 1.60 bits per heavy atom. The lowest BCUT2D eigenvalue weighted by molar-refractivity contribution is -0.305. The summed E-state index contributed by atoms with van der Waals surface area (Å²) in [5.74, 6) is -0.818. The van der Waals surface area contributed by atoms with Gasteiger partial charge in [-0.05, 0) is 44.9 Å². The van der Waals surface area contributed by atoms with Crippen LogP contribution in [-0.4, -0.2) is 89.0 Å². The molecule has 0 aliphatic carbocycles. The molecule has 0 unspecified atom stereocenters. The van der Waals surface area contributed by atoms with Crippen LogP contribution in [0.2, 0.25) is 0 Å². The van der Waals surface area contributed by atoms with Gasteiger partial charge in [0.2, 0.25) is 0 Å². The topological polar surface area (TPSA) is 152 Å². The maximum absolute atomic E-state index is 12.7. The Balaban J connectivity index is 2.36. The Labute approximate surface area is 322 Å². The number of carbonyl (C=O) groups is 2. The molecule has 10 nitrogen and oxygen atoms in total. The molecular weight excluding hydrogens is 676 g/mol. The smallest absolute Gasteiger partial charge is 0.306 e. The van der Waals surface area contributed by atoms with Crippen LogP contribution in [0.25, 0.3) is 0 Å². The first kappa shape index (κ1) is 49.2. The number of ether oxygens (including phenoxy) is 4. The van der Waals surface area contributed by atoms with E-state index in [4.69, 9.17) is 18.9 Å². The Kier molecular flexibility index (Phi) is 32.2. The summed E-state index contributed by atoms with van der Waals surface area (Å²) in [4.78, 5) is 25.2. The third kappa shape index (κ3) is 26.6. The first-order valence-corrected chi connectivity index (χ1v) is 21.4. The van der Waals surface area contributed by atoms with Crippen molar-refractivity contribution in [3.63, 3.8) is 0 Å². The van der Waals surface area contributed by atoms with Crippen LogP contribution in [0.1, 0.15) is 181 Å². The van der Waals surface area contributed by atoms with Crippen LogP contribution < -0.4 is 0 Å². The minimum absolute atomic E-state index is 0.221. The molecule has 0 bridgehead atoms. The molecule has 0 spiro atoms. The number of unbranched alkanes of at least 4 members (excludes halogenated alkanes) is 20. The molecule has 0 radical (unpaired) electrons. The molecule has 1 aliphatic rings. The van der Waals surface area contributed by atoms with Crippen molar-refractivity contribution in [3.05, 3.63) is 24.3 Å². The van der Waals surface area contributed by atoms with E-state index in [-0.39, 0.29) is 32.0 Å². The van der Waals surface area contributed by atoms with Gasteiger partial charge in [0, 0.05) is 12.8 Å². The second kappa shape index (κ2) is 34.7. The van der Waals surface area contributed by atoms with Crippen LogP contribution in [0, 0.1) is 0 Å². The fourth-order valence-electron chi connectivity index (χ4n) is 6.39. The summed E-state index contributed by atoms with van der Waals surface area (Å²) in [7, 11) is 0. The molecule has 310 valence electrons. The standard InChI is InChI=1S/C43H78O10/c1-3-5-7-9-11-13-15-17-18-20-21-23-25-27-29-31-38(45)50-34-36(35-51-43-42(49)41(48)40(47)37(33-44)53-43)52-39(46)32-30-28-26-24-22-19-16-14-12-10-8-6-4-2/h11,13,17-18,36-37,40-44,47-49H,3-10,12,14-16,19-35H2,1-2H3/b13-11-,18-17-/t36-,37-,40+,41+,42-,43-/m1/s1. The zero-order valence-corrected chi connectivity index (χ0v) is 33.5. The van der Waals surface area contributed by atoms with Gasteiger partial charge in [-0.1, -0.05) is 147 Å². The van der Waals surface area contributed by atoms with Crippen molar-refractivity contribution in [2.75, 3.05) is 19.8 Å². The SMILES string of the molecule is CCCCC/C=C\C/C=C\CCCCCCCC(=O)OC[C@H](CO[C@@H]1O[C@H](CO)[C@H](O)[C@H](O)[C@H]1O)OC(=O)CCCCCCCCCCCCCCC. The lowest BCUT2D eigenvalue weighted by Gasteiger charge is -2.39. The van der Waals surface area contributed by atoms with Crippen molar-refractivity contribution in [1.82, 2.24) is 0 Å². The monoisotopic (exact) mass is 755 g/mol. The van der Waals surface area contributed by atoms with Crippen LogP contribution in [0.15, 0.2) is 24.3 Å². The molecule has 1 rings (SSSR count). The lowest BCUT2D eigenvalue weighted by atomic mass is 9.99. The van der Waals surface area contributed by atoms with Crippen molar-refractivity contribution in [2.24, 2.45) is 0 Å². The predicted octanol–water partition coefficient (Wildman–Crippen LogP) is 8.55. The number of rotatable bonds is 35. The summed E-state index contributed by atoms with van der Waals surface area (Å²) in [5, 5.41) is 40.0. The van der Waals surface area contributed by atoms with Crippen molar-refractivity contribution in [3.8, 4) is 0 Å². The van der Waals surface area contributed by atoms with Gasteiger partial charge >= 0.3 is 11.9 Å². The van der Waals surface area contributed by atoms with E-state index >= 15 is 0 Å². The molecule has 1 saturated heterocycles. The average Bonchev–Trinajstić information content (AvgIpc) is 3.15. The van der Waals surface area contributed by atoms with Gasteiger partial charge in [0.1, 0.15) is 31.0 Å². The van der Waals surface area contributed by atoms with Crippen LogP contribution in [0.5, 0.6) is 0 Å². The summed E-state index contributed by atoms with van der Waals surface area (Å²) in [6.45, 7) is 3.38. The summed E-state index contributed by atoms with van der Waals surface area (Å²) in [6.07, 6.45) is 28.9. The van der Waals surface area contributed by atoms with Gasteiger partial charge in [0.15, 0.2) is 12.4 Å². The molecule has 6 atom stereocenters. The molecule has 10 heteroatoms. The maximum atomic E-state index is 12.7. The highest BCUT2D eigenvalue weighted by atomic mass is 16.7. The Morgan fingerprint density at radius 1 is 0.585 bits per heavy atom. The van der Waals surface area contributed by atoms with Gasteiger partial charge in [-0.3, -0.25) is 9.59 Å². The van der Waals surface area contributed by atoms with E-state index < -0.39 is 49.4 Å². The molecule has 53 heavy (non-hydrogen) atoms. The maximum Gasteiger partial charge on any atom is 0.306 e. The fourth-order valence-corrected chi connectivity index (χ4v) is 6.39. The number of carbonyl (C=O) groups excluding carboxylic acids is 2. The van der Waals surface area contributed by atoms with Crippen LogP contribution in [-0.2, 0) is 28.5 Å². The third-order valence-corrected chi connectivity index (χ3v) is 9.84. The Morgan fingerprint density at radius 2 is 1.06 bits per heavy atom. The third-order valence-electron chi connectivity index (χ3n) is 9.84. The zero-order valence-electron chi connectivity index (χ0n) is 33.5. The molecule has 0 amide bonds. The Hall–Kier alpha value is -1.82. The number of allylic oxidation sites excluding steroid dienone is 4. The van der Waals surface area contributed by atoms with E-state index in [0.717, 1.165) is 57.8 Å². The second-order valence-corrected chi connectivity index (χ2v) is 14.8. The first-order chi connectivity index (χ1) is 25.8. The van der Waals surface area contributed by atoms with Crippen LogP contribution in [0.3, 0.4) is 0 Å². The molecular formula is C43H78O10. The van der Waals surface area contributed by atoms with Gasteiger partial charge in [-0.2, -0.15) is 0 Å². The largest absolute Gasteiger partial charge is 0.462 e. The minimum atomic E-state index is -1.59. The van der Waals surface area contributed by atoms with E-state index in [0.29, 0.717) is 12.8 Å². The first-order valence-electron chi connectivity index (χ1n) is 21.4. The number of esters is 2. The van der Waals surface area contributed by atoms with Gasteiger partial charge < -0.3 is 39.4 Å². The number of aliphatic hydroxyl groups is 4. The summed E-state index contributed by atoms with van der Waals surface area (Å²) in [5.41, 5.74) is 0.